The van der Waals surface area contributed by atoms with Crippen molar-refractivity contribution in [2.24, 2.45) is 5.92 Å². The van der Waals surface area contributed by atoms with Gasteiger partial charge in [0.15, 0.2) is 0 Å². The van der Waals surface area contributed by atoms with Gasteiger partial charge in [0.25, 0.3) is 0 Å². The van der Waals surface area contributed by atoms with E-state index < -0.39 is 17.9 Å². The molecule has 0 spiro atoms. The van der Waals surface area contributed by atoms with Crippen molar-refractivity contribution in [2.75, 3.05) is 0 Å². The molecule has 0 aliphatic rings. The van der Waals surface area contributed by atoms with Gasteiger partial charge in [-0.2, -0.15) is 0 Å². The van der Waals surface area contributed by atoms with Crippen LogP contribution in [0.3, 0.4) is 0 Å². The van der Waals surface area contributed by atoms with Gasteiger partial charge < -0.3 is 0 Å². The third-order valence-electron chi connectivity index (χ3n) is 0.962. The van der Waals surface area contributed by atoms with Gasteiger partial charge in [-0.25, -0.2) is 0 Å². The zero-order valence-electron chi connectivity index (χ0n) is 5.32. The van der Waals surface area contributed by atoms with Crippen molar-refractivity contribution in [1.82, 2.24) is 0 Å². The van der Waals surface area contributed by atoms with Crippen LogP contribution in [0, 0.1) is 5.92 Å². The topological polar surface area (TPSA) is 0 Å². The second-order valence-corrected chi connectivity index (χ2v) is 37.8. The number of hydrogen-bond acceptors (Lipinski definition) is 0. The third kappa shape index (κ3) is 7.88. The van der Waals surface area contributed by atoms with Crippen molar-refractivity contribution < 1.29 is 0 Å². The first-order valence-electron chi connectivity index (χ1n) is 2.91. The second-order valence-electron chi connectivity index (χ2n) is 2.36. The molecule has 0 aromatic carbocycles. The SMILES string of the molecule is CC(C)C[CH2][Tl]([Br])[Br]. The molecule has 0 unspecified atom stereocenters. The summed E-state index contributed by atoms with van der Waals surface area (Å²) < 4.78 is 1.44. The van der Waals surface area contributed by atoms with Crippen LogP contribution in [0.2, 0.25) is 3.98 Å². The molecule has 0 bridgehead atoms. The fourth-order valence-corrected chi connectivity index (χ4v) is 8.67. The molecule has 0 aliphatic heterocycles. The average Bonchev–Trinajstić information content (AvgIpc) is 1.61. The van der Waals surface area contributed by atoms with Gasteiger partial charge in [0.1, 0.15) is 0 Å². The summed E-state index contributed by atoms with van der Waals surface area (Å²) >= 11 is 6.01. The Labute approximate surface area is 71.2 Å². The van der Waals surface area contributed by atoms with E-state index in [4.69, 9.17) is 0 Å². The molecule has 0 nitrogen and oxygen atoms in total. The predicted octanol–water partition coefficient (Wildman–Crippen LogP) is 3.31. The molecule has 0 N–H and O–H groups in total. The first-order valence-corrected chi connectivity index (χ1v) is 25.5. The summed E-state index contributed by atoms with van der Waals surface area (Å²) in [6.45, 7) is 4.55. The minimum atomic E-state index is -1.27. The molecule has 0 radical (unpaired) electrons. The Hall–Kier alpha value is 1.88. The maximum atomic E-state index is 3.64. The van der Waals surface area contributed by atoms with E-state index in [1.807, 2.05) is 0 Å². The van der Waals surface area contributed by atoms with Gasteiger partial charge in [0, 0.05) is 0 Å². The maximum absolute atomic E-state index is 3.64. The standard InChI is InChI=1S/C5H11.2BrH.Tl/c1-4-5(2)3;;;/h5H,1,4H2,2-3H3;2*1H;/q;;;+2/p-2. The Bertz CT molecular complexity index is 46.4. The molecule has 3 heteroatoms. The molecule has 0 saturated carbocycles. The second kappa shape index (κ2) is 5.65. The van der Waals surface area contributed by atoms with E-state index in [2.05, 4.69) is 37.8 Å². The molecule has 0 aromatic heterocycles. The Kier molecular flexibility index (Phi) is 6.98. The van der Waals surface area contributed by atoms with Crippen molar-refractivity contribution in [3.8, 4) is 0 Å². The summed E-state index contributed by atoms with van der Waals surface area (Å²) in [5.41, 5.74) is 0. The number of halogens is 2. The van der Waals surface area contributed by atoms with Gasteiger partial charge in [0.2, 0.25) is 0 Å². The molecule has 0 heterocycles. The first kappa shape index (κ1) is 9.88. The fraction of sp³-hybridized carbons (Fsp3) is 1.00. The Morgan fingerprint density at radius 1 is 1.38 bits per heavy atom. The van der Waals surface area contributed by atoms with E-state index in [-0.39, 0.29) is 0 Å². The van der Waals surface area contributed by atoms with Crippen LogP contribution in [-0.4, -0.2) is 17.9 Å². The van der Waals surface area contributed by atoms with Crippen LogP contribution in [0.4, 0.5) is 0 Å². The molecule has 8 heavy (non-hydrogen) atoms. The summed E-state index contributed by atoms with van der Waals surface area (Å²) in [4.78, 5) is 0. The van der Waals surface area contributed by atoms with E-state index >= 15 is 0 Å². The van der Waals surface area contributed by atoms with Crippen molar-refractivity contribution in [1.29, 1.82) is 0 Å². The zero-order chi connectivity index (χ0) is 6.57. The summed E-state index contributed by atoms with van der Waals surface area (Å²) in [7, 11) is 0. The van der Waals surface area contributed by atoms with Crippen molar-refractivity contribution in [3.05, 3.63) is 0 Å². The van der Waals surface area contributed by atoms with Crippen molar-refractivity contribution in [3.63, 3.8) is 0 Å². The Morgan fingerprint density at radius 3 is 2.00 bits per heavy atom. The molecule has 0 amide bonds. The van der Waals surface area contributed by atoms with E-state index in [1.54, 1.807) is 0 Å². The van der Waals surface area contributed by atoms with E-state index in [0.29, 0.717) is 0 Å². The fourth-order valence-electron chi connectivity index (χ4n) is 0.459. The molecular formula is C5H11Br2Tl. The van der Waals surface area contributed by atoms with Crippen LogP contribution in [0.5, 0.6) is 0 Å². The van der Waals surface area contributed by atoms with Gasteiger partial charge in [-0.3, -0.25) is 0 Å². The Morgan fingerprint density at radius 2 is 1.88 bits per heavy atom. The molecule has 0 saturated heterocycles. The van der Waals surface area contributed by atoms with Crippen molar-refractivity contribution >= 4 is 41.9 Å². The summed E-state index contributed by atoms with van der Waals surface area (Å²) in [5.74, 6) is 0.882. The zero-order valence-corrected chi connectivity index (χ0v) is 13.0. The van der Waals surface area contributed by atoms with Gasteiger partial charge in [-0.1, -0.05) is 0 Å². The molecule has 0 fully saturated rings. The number of hydrogen-bond donors (Lipinski definition) is 0. The van der Waals surface area contributed by atoms with E-state index in [0.717, 1.165) is 5.92 Å². The summed E-state index contributed by atoms with van der Waals surface area (Å²) in [6, 6.07) is 0. The first-order chi connectivity index (χ1) is 3.63. The normalized spacial score (nSPS) is 10.1. The van der Waals surface area contributed by atoms with Crippen LogP contribution in [0.15, 0.2) is 0 Å². The monoisotopic (exact) mass is 434 g/mol. The minimum absolute atomic E-state index is 0.882. The van der Waals surface area contributed by atoms with Crippen LogP contribution in [-0.2, 0) is 0 Å². The van der Waals surface area contributed by atoms with Gasteiger partial charge in [-0.05, 0) is 0 Å². The molecular weight excluding hydrogens is 424 g/mol. The van der Waals surface area contributed by atoms with Gasteiger partial charge >= 0.3 is 72.0 Å². The molecule has 0 aliphatic carbocycles. The van der Waals surface area contributed by atoms with Crippen LogP contribution in [0.25, 0.3) is 0 Å². The molecule has 0 rings (SSSR count). The van der Waals surface area contributed by atoms with Crippen LogP contribution in [0.1, 0.15) is 20.3 Å². The summed E-state index contributed by atoms with van der Waals surface area (Å²) in [5, 5.41) is 0. The van der Waals surface area contributed by atoms with Crippen LogP contribution < -0.4 is 0 Å². The summed E-state index contributed by atoms with van der Waals surface area (Å²) in [6.07, 6.45) is 1.39. The van der Waals surface area contributed by atoms with E-state index in [1.165, 1.54) is 10.4 Å². The van der Waals surface area contributed by atoms with Crippen LogP contribution >= 0.6 is 24.0 Å². The average molecular weight is 435 g/mol. The van der Waals surface area contributed by atoms with Gasteiger partial charge in [0.05, 0.1) is 0 Å². The van der Waals surface area contributed by atoms with Gasteiger partial charge in [-0.15, -0.1) is 0 Å². The van der Waals surface area contributed by atoms with Crippen molar-refractivity contribution in [2.45, 2.75) is 24.2 Å². The molecule has 48 valence electrons. The Balaban J connectivity index is 2.93. The molecule has 0 atom stereocenters. The third-order valence-corrected chi connectivity index (χ3v) is 12.0. The number of rotatable bonds is 3. The quantitative estimate of drug-likeness (QED) is 0.597. The predicted molar refractivity (Wildman–Crippen MR) is 47.9 cm³/mol. The van der Waals surface area contributed by atoms with E-state index in [9.17, 15) is 0 Å². The molecule has 0 aromatic rings.